The molecule has 0 amide bonds. The number of halogens is 3. The average Bonchev–Trinajstić information content (AvgIpc) is 2.34. The maximum atomic E-state index is 12.7. The Balaban J connectivity index is 2.60. The van der Waals surface area contributed by atoms with Gasteiger partial charge >= 0.3 is 6.18 Å². The molecule has 0 fully saturated rings. The Morgan fingerprint density at radius 2 is 1.80 bits per heavy atom. The van der Waals surface area contributed by atoms with Crippen LogP contribution in [0.25, 0.3) is 0 Å². The number of rotatable bonds is 6. The van der Waals surface area contributed by atoms with Crippen molar-refractivity contribution in [3.05, 3.63) is 35.4 Å². The van der Waals surface area contributed by atoms with E-state index in [4.69, 9.17) is 0 Å². The second kappa shape index (κ2) is 6.58. The quantitative estimate of drug-likeness (QED) is 0.822. The molecule has 0 bridgehead atoms. The van der Waals surface area contributed by atoms with E-state index in [2.05, 4.69) is 5.32 Å². The summed E-state index contributed by atoms with van der Waals surface area (Å²) in [6.07, 6.45) is -4.40. The van der Waals surface area contributed by atoms with Gasteiger partial charge in [-0.05, 0) is 25.5 Å². The normalized spacial score (nSPS) is 12.9. The molecule has 0 spiro atoms. The highest BCUT2D eigenvalue weighted by atomic mass is 32.2. The molecule has 1 N–H and O–H groups in total. The summed E-state index contributed by atoms with van der Waals surface area (Å²) in [6, 6.07) is 5.25. The minimum absolute atomic E-state index is 0.0106. The molecule has 7 heteroatoms. The lowest BCUT2D eigenvalue weighted by Crippen LogP contribution is -2.27. The summed E-state index contributed by atoms with van der Waals surface area (Å²) in [5.74, 6) is -0.0845. The first-order valence-electron chi connectivity index (χ1n) is 6.22. The monoisotopic (exact) mass is 309 g/mol. The van der Waals surface area contributed by atoms with Crippen molar-refractivity contribution in [2.45, 2.75) is 31.8 Å². The van der Waals surface area contributed by atoms with E-state index < -0.39 is 26.8 Å². The Morgan fingerprint density at radius 1 is 1.20 bits per heavy atom. The largest absolute Gasteiger partial charge is 0.416 e. The van der Waals surface area contributed by atoms with Gasteiger partial charge in [0.05, 0.1) is 16.6 Å². The topological polar surface area (TPSA) is 46.2 Å². The number of hydrogen-bond donors (Lipinski definition) is 1. The van der Waals surface area contributed by atoms with Crippen LogP contribution in [0.2, 0.25) is 0 Å². The molecular weight excluding hydrogens is 291 g/mol. The molecule has 20 heavy (non-hydrogen) atoms. The van der Waals surface area contributed by atoms with Gasteiger partial charge in [-0.15, -0.1) is 0 Å². The molecular formula is C13H18F3NO2S. The SMILES string of the molecule is CC(C)S(=O)(=O)CCNCc1ccccc1C(F)(F)F. The van der Waals surface area contributed by atoms with Gasteiger partial charge in [0.1, 0.15) is 0 Å². The van der Waals surface area contributed by atoms with Gasteiger partial charge in [-0.3, -0.25) is 0 Å². The Hall–Kier alpha value is -1.08. The summed E-state index contributed by atoms with van der Waals surface area (Å²) in [7, 11) is -3.18. The fraction of sp³-hybridized carbons (Fsp3) is 0.538. The summed E-state index contributed by atoms with van der Waals surface area (Å²) >= 11 is 0. The van der Waals surface area contributed by atoms with E-state index in [-0.39, 0.29) is 24.4 Å². The number of alkyl halides is 3. The van der Waals surface area contributed by atoms with Crippen LogP contribution in [0.3, 0.4) is 0 Å². The zero-order valence-electron chi connectivity index (χ0n) is 11.4. The van der Waals surface area contributed by atoms with Crippen molar-refractivity contribution in [2.75, 3.05) is 12.3 Å². The predicted molar refractivity (Wildman–Crippen MR) is 72.1 cm³/mol. The third kappa shape index (κ3) is 4.79. The van der Waals surface area contributed by atoms with E-state index in [0.29, 0.717) is 0 Å². The van der Waals surface area contributed by atoms with Crippen molar-refractivity contribution < 1.29 is 21.6 Å². The van der Waals surface area contributed by atoms with Gasteiger partial charge in [0.25, 0.3) is 0 Å². The Morgan fingerprint density at radius 3 is 2.35 bits per heavy atom. The molecule has 0 aliphatic carbocycles. The van der Waals surface area contributed by atoms with Gasteiger partial charge < -0.3 is 5.32 Å². The Kier molecular flexibility index (Phi) is 5.59. The average molecular weight is 309 g/mol. The summed E-state index contributed by atoms with van der Waals surface area (Å²) in [6.45, 7) is 3.28. The van der Waals surface area contributed by atoms with Crippen LogP contribution in [-0.4, -0.2) is 26.0 Å². The fourth-order valence-corrected chi connectivity index (χ4v) is 2.52. The van der Waals surface area contributed by atoms with Gasteiger partial charge in [-0.2, -0.15) is 13.2 Å². The molecule has 0 saturated heterocycles. The fourth-order valence-electron chi connectivity index (χ4n) is 1.62. The zero-order chi connectivity index (χ0) is 15.4. The van der Waals surface area contributed by atoms with Crippen LogP contribution in [0.4, 0.5) is 13.2 Å². The molecule has 0 aliphatic heterocycles. The van der Waals surface area contributed by atoms with E-state index in [1.54, 1.807) is 13.8 Å². The first kappa shape index (κ1) is 17.0. The van der Waals surface area contributed by atoms with Crippen LogP contribution in [0.5, 0.6) is 0 Å². The minimum atomic E-state index is -4.40. The van der Waals surface area contributed by atoms with Gasteiger partial charge in [-0.25, -0.2) is 8.42 Å². The molecule has 0 heterocycles. The van der Waals surface area contributed by atoms with Gasteiger partial charge in [0.15, 0.2) is 9.84 Å². The van der Waals surface area contributed by atoms with Crippen LogP contribution in [0.15, 0.2) is 24.3 Å². The van der Waals surface area contributed by atoms with Crippen molar-refractivity contribution in [3.63, 3.8) is 0 Å². The van der Waals surface area contributed by atoms with Crippen LogP contribution < -0.4 is 5.32 Å². The summed E-state index contributed by atoms with van der Waals surface area (Å²) in [4.78, 5) is 0. The third-order valence-corrected chi connectivity index (χ3v) is 5.13. The second-order valence-electron chi connectivity index (χ2n) is 4.75. The summed E-state index contributed by atoms with van der Waals surface area (Å²) in [5, 5.41) is 2.27. The van der Waals surface area contributed by atoms with Crippen molar-refractivity contribution in [3.8, 4) is 0 Å². The number of nitrogens with one attached hydrogen (secondary N) is 1. The lowest BCUT2D eigenvalue weighted by atomic mass is 10.1. The Labute approximate surface area is 117 Å². The smallest absolute Gasteiger partial charge is 0.312 e. The molecule has 0 atom stereocenters. The highest BCUT2D eigenvalue weighted by Gasteiger charge is 2.32. The van der Waals surface area contributed by atoms with Crippen LogP contribution in [-0.2, 0) is 22.6 Å². The lowest BCUT2D eigenvalue weighted by molar-refractivity contribution is -0.138. The molecule has 0 aliphatic rings. The molecule has 0 saturated carbocycles. The van der Waals surface area contributed by atoms with E-state index in [0.717, 1.165) is 6.07 Å². The zero-order valence-corrected chi connectivity index (χ0v) is 12.2. The van der Waals surface area contributed by atoms with Crippen molar-refractivity contribution >= 4 is 9.84 Å². The Bertz CT molecular complexity index is 539. The summed E-state index contributed by atoms with van der Waals surface area (Å²) in [5.41, 5.74) is -0.582. The van der Waals surface area contributed by atoms with Gasteiger partial charge in [-0.1, -0.05) is 18.2 Å². The molecule has 1 rings (SSSR count). The maximum absolute atomic E-state index is 12.7. The van der Waals surface area contributed by atoms with Crippen molar-refractivity contribution in [1.29, 1.82) is 0 Å². The molecule has 0 unspecified atom stereocenters. The minimum Gasteiger partial charge on any atom is -0.312 e. The van der Waals surface area contributed by atoms with E-state index in [1.165, 1.54) is 18.2 Å². The standard InChI is InChI=1S/C13H18F3NO2S/c1-10(2)20(18,19)8-7-17-9-11-5-3-4-6-12(11)13(14,15)16/h3-6,10,17H,7-9H2,1-2H3. The highest BCUT2D eigenvalue weighted by Crippen LogP contribution is 2.31. The van der Waals surface area contributed by atoms with Gasteiger partial charge in [0, 0.05) is 13.1 Å². The molecule has 0 aromatic heterocycles. The molecule has 0 radical (unpaired) electrons. The predicted octanol–water partition coefficient (Wildman–Crippen LogP) is 2.62. The van der Waals surface area contributed by atoms with E-state index >= 15 is 0 Å². The van der Waals surface area contributed by atoms with Crippen LogP contribution in [0.1, 0.15) is 25.0 Å². The second-order valence-corrected chi connectivity index (χ2v) is 7.42. The van der Waals surface area contributed by atoms with Crippen molar-refractivity contribution in [1.82, 2.24) is 5.32 Å². The third-order valence-electron chi connectivity index (χ3n) is 2.92. The molecule has 114 valence electrons. The summed E-state index contributed by atoms with van der Waals surface area (Å²) < 4.78 is 61.3. The first-order valence-corrected chi connectivity index (χ1v) is 7.93. The maximum Gasteiger partial charge on any atom is 0.416 e. The number of hydrogen-bond acceptors (Lipinski definition) is 3. The van der Waals surface area contributed by atoms with E-state index in [9.17, 15) is 21.6 Å². The number of sulfone groups is 1. The van der Waals surface area contributed by atoms with Crippen LogP contribution >= 0.6 is 0 Å². The first-order chi connectivity index (χ1) is 9.14. The van der Waals surface area contributed by atoms with Crippen molar-refractivity contribution in [2.24, 2.45) is 0 Å². The molecule has 3 nitrogen and oxygen atoms in total. The lowest BCUT2D eigenvalue weighted by Gasteiger charge is -2.13. The molecule has 1 aromatic rings. The van der Waals surface area contributed by atoms with Crippen LogP contribution in [0, 0.1) is 0 Å². The van der Waals surface area contributed by atoms with E-state index in [1.807, 2.05) is 0 Å². The molecule has 1 aromatic carbocycles. The highest BCUT2D eigenvalue weighted by molar-refractivity contribution is 7.92. The van der Waals surface area contributed by atoms with Gasteiger partial charge in [0.2, 0.25) is 0 Å². The number of benzene rings is 1.